The van der Waals surface area contributed by atoms with Crippen LogP contribution in [0.4, 0.5) is 18.9 Å². The van der Waals surface area contributed by atoms with Crippen LogP contribution in [0, 0.1) is 6.92 Å². The predicted molar refractivity (Wildman–Crippen MR) is 132 cm³/mol. The largest absolute Gasteiger partial charge is 0.479 e. The zero-order valence-corrected chi connectivity index (χ0v) is 20.8. The molecule has 3 heterocycles. The van der Waals surface area contributed by atoms with Gasteiger partial charge in [0.2, 0.25) is 6.61 Å². The summed E-state index contributed by atoms with van der Waals surface area (Å²) < 4.78 is 68.8. The number of pyridine rings is 2. The number of nitrogens with one attached hydrogen (secondary N) is 2. The Labute approximate surface area is 218 Å². The first-order chi connectivity index (χ1) is 17.9. The highest BCUT2D eigenvalue weighted by molar-refractivity contribution is 7.92. The van der Waals surface area contributed by atoms with Crippen molar-refractivity contribution in [3.8, 4) is 0 Å². The van der Waals surface area contributed by atoms with Crippen molar-refractivity contribution in [2.45, 2.75) is 18.0 Å². The molecule has 0 aliphatic carbocycles. The van der Waals surface area contributed by atoms with Crippen LogP contribution in [0.2, 0.25) is 5.02 Å². The maximum atomic E-state index is 13.4. The Kier molecular flexibility index (Phi) is 7.29. The number of H-pyrrole nitrogens is 1. The molecule has 0 atom stereocenters. The number of sulfonamides is 1. The first-order valence-corrected chi connectivity index (χ1v) is 12.4. The van der Waals surface area contributed by atoms with Crippen molar-refractivity contribution in [3.63, 3.8) is 0 Å². The Bertz CT molecular complexity index is 1670. The Morgan fingerprint density at radius 3 is 2.68 bits per heavy atom. The first kappa shape index (κ1) is 26.9. The van der Waals surface area contributed by atoms with Crippen molar-refractivity contribution in [3.05, 3.63) is 82.4 Å². The molecule has 0 aliphatic rings. The van der Waals surface area contributed by atoms with Gasteiger partial charge in [0.25, 0.3) is 10.0 Å². The third kappa shape index (κ3) is 5.70. The molecule has 0 saturated carbocycles. The van der Waals surface area contributed by atoms with E-state index in [1.165, 1.54) is 31.5 Å². The highest BCUT2D eigenvalue weighted by Gasteiger charge is 2.34. The van der Waals surface area contributed by atoms with Crippen LogP contribution in [0.3, 0.4) is 0 Å². The molecule has 0 unspecified atom stereocenters. The fourth-order valence-electron chi connectivity index (χ4n) is 3.52. The molecule has 15 heteroatoms. The summed E-state index contributed by atoms with van der Waals surface area (Å²) in [5.41, 5.74) is -0.964. The summed E-state index contributed by atoms with van der Waals surface area (Å²) in [6.07, 6.45) is -0.579. The van der Waals surface area contributed by atoms with E-state index in [9.17, 15) is 26.4 Å². The standard InChI is InChI=1S/C23H17ClF3N5O5S/c1-12-2-3-14(9-17(12)23(25,26)27)38(35,36)32-18-8-13(24)10-30-21(18)20(31-37-11-19(33)34)15-4-6-28-22-16(15)5-7-29-22/h2-10,32H,11H2,1H3,(H,28,29)(H,33,34). The van der Waals surface area contributed by atoms with E-state index in [2.05, 4.69) is 24.8 Å². The Morgan fingerprint density at radius 1 is 1.21 bits per heavy atom. The summed E-state index contributed by atoms with van der Waals surface area (Å²) in [4.78, 5) is 26.5. The van der Waals surface area contributed by atoms with Gasteiger partial charge in [-0.25, -0.2) is 18.2 Å². The second-order valence-electron chi connectivity index (χ2n) is 7.84. The Morgan fingerprint density at radius 2 is 1.97 bits per heavy atom. The molecule has 0 saturated heterocycles. The number of hydrogen-bond donors (Lipinski definition) is 3. The molecule has 0 spiro atoms. The van der Waals surface area contributed by atoms with Crippen molar-refractivity contribution in [1.82, 2.24) is 15.0 Å². The van der Waals surface area contributed by atoms with Crippen LogP contribution in [-0.2, 0) is 25.8 Å². The van der Waals surface area contributed by atoms with Crippen molar-refractivity contribution >= 4 is 50.0 Å². The monoisotopic (exact) mass is 567 g/mol. The summed E-state index contributed by atoms with van der Waals surface area (Å²) in [7, 11) is -4.59. The van der Waals surface area contributed by atoms with Gasteiger partial charge in [-0.2, -0.15) is 13.2 Å². The zero-order valence-electron chi connectivity index (χ0n) is 19.2. The molecule has 4 aromatic rings. The minimum Gasteiger partial charge on any atom is -0.479 e. The number of benzene rings is 1. The lowest BCUT2D eigenvalue weighted by Crippen LogP contribution is -2.19. The van der Waals surface area contributed by atoms with Crippen molar-refractivity contribution < 1.29 is 36.3 Å². The van der Waals surface area contributed by atoms with Gasteiger partial charge in [0.05, 0.1) is 21.2 Å². The van der Waals surface area contributed by atoms with Crippen molar-refractivity contribution in [2.75, 3.05) is 11.3 Å². The van der Waals surface area contributed by atoms with Gasteiger partial charge in [-0.3, -0.25) is 9.71 Å². The van der Waals surface area contributed by atoms with Gasteiger partial charge in [0, 0.05) is 29.5 Å². The molecule has 1 aromatic carbocycles. The number of halogens is 4. The van der Waals surface area contributed by atoms with Gasteiger partial charge < -0.3 is 14.9 Å². The van der Waals surface area contributed by atoms with Crippen LogP contribution in [0.5, 0.6) is 0 Å². The lowest BCUT2D eigenvalue weighted by molar-refractivity contribution is -0.142. The van der Waals surface area contributed by atoms with Gasteiger partial charge in [-0.15, -0.1) is 0 Å². The number of carboxylic acid groups (broad SMARTS) is 1. The average Bonchev–Trinajstić information content (AvgIpc) is 3.31. The number of anilines is 1. The number of rotatable bonds is 8. The van der Waals surface area contributed by atoms with E-state index in [1.807, 2.05) is 0 Å². The molecule has 0 aliphatic heterocycles. The minimum absolute atomic E-state index is 0.00124. The second-order valence-corrected chi connectivity index (χ2v) is 9.95. The molecule has 0 bridgehead atoms. The van der Waals surface area contributed by atoms with E-state index in [0.717, 1.165) is 12.1 Å². The van der Waals surface area contributed by atoms with Gasteiger partial charge >= 0.3 is 12.1 Å². The smallest absolute Gasteiger partial charge is 0.416 e. The van der Waals surface area contributed by atoms with Gasteiger partial charge in [0.15, 0.2) is 0 Å². The second kappa shape index (κ2) is 10.3. The zero-order chi connectivity index (χ0) is 27.7. The minimum atomic E-state index is -4.77. The number of aryl methyl sites for hydroxylation is 1. The quantitative estimate of drug-likeness (QED) is 0.208. The molecular formula is C23H17ClF3N5O5S. The highest BCUT2D eigenvalue weighted by atomic mass is 35.5. The predicted octanol–water partition coefficient (Wildman–Crippen LogP) is 4.59. The fraction of sp³-hybridized carbons (Fsp3) is 0.130. The lowest BCUT2D eigenvalue weighted by atomic mass is 10.0. The molecule has 3 N–H and O–H groups in total. The van der Waals surface area contributed by atoms with Crippen LogP contribution in [0.15, 0.2) is 65.0 Å². The molecule has 0 fully saturated rings. The number of aromatic nitrogens is 3. The molecule has 0 radical (unpaired) electrons. The Hall–Kier alpha value is -4.17. The third-order valence-corrected chi connectivity index (χ3v) is 6.78. The van der Waals surface area contributed by atoms with Crippen LogP contribution in [0.25, 0.3) is 11.0 Å². The van der Waals surface area contributed by atoms with Crippen molar-refractivity contribution in [1.29, 1.82) is 0 Å². The normalized spacial score (nSPS) is 12.5. The molecule has 38 heavy (non-hydrogen) atoms. The van der Waals surface area contributed by atoms with E-state index in [1.54, 1.807) is 12.3 Å². The number of carboxylic acids is 1. The molecule has 0 amide bonds. The maximum absolute atomic E-state index is 13.4. The first-order valence-electron chi connectivity index (χ1n) is 10.6. The number of fused-ring (bicyclic) bond motifs is 1. The van der Waals surface area contributed by atoms with Gasteiger partial charge in [-0.1, -0.05) is 22.8 Å². The van der Waals surface area contributed by atoms with E-state index in [-0.39, 0.29) is 27.7 Å². The van der Waals surface area contributed by atoms with Gasteiger partial charge in [0.1, 0.15) is 17.1 Å². The van der Waals surface area contributed by atoms with Crippen LogP contribution < -0.4 is 4.72 Å². The van der Waals surface area contributed by atoms with Crippen LogP contribution in [0.1, 0.15) is 22.4 Å². The number of oxime groups is 1. The maximum Gasteiger partial charge on any atom is 0.416 e. The van der Waals surface area contributed by atoms with Crippen molar-refractivity contribution in [2.24, 2.45) is 5.16 Å². The molecule has 3 aromatic heterocycles. The summed E-state index contributed by atoms with van der Waals surface area (Å²) in [5, 5.41) is 13.4. The fourth-order valence-corrected chi connectivity index (χ4v) is 4.76. The summed E-state index contributed by atoms with van der Waals surface area (Å²) in [6.45, 7) is 0.394. The number of aromatic amines is 1. The van der Waals surface area contributed by atoms with E-state index >= 15 is 0 Å². The number of carbonyl (C=O) groups is 1. The van der Waals surface area contributed by atoms with Crippen LogP contribution in [-0.4, -0.2) is 46.8 Å². The van der Waals surface area contributed by atoms with E-state index < -0.39 is 39.2 Å². The number of alkyl halides is 3. The van der Waals surface area contributed by atoms with E-state index in [4.69, 9.17) is 21.5 Å². The number of hydrogen-bond acceptors (Lipinski definition) is 7. The summed E-state index contributed by atoms with van der Waals surface area (Å²) in [5.74, 6) is -1.32. The van der Waals surface area contributed by atoms with E-state index in [0.29, 0.717) is 22.7 Å². The number of nitrogens with zero attached hydrogens (tertiary/aromatic N) is 3. The third-order valence-electron chi connectivity index (χ3n) is 5.21. The SMILES string of the molecule is Cc1ccc(S(=O)(=O)Nc2cc(Cl)cnc2C(=NOCC(=O)O)c2ccnc3[nH]ccc23)cc1C(F)(F)F. The average molecular weight is 568 g/mol. The summed E-state index contributed by atoms with van der Waals surface area (Å²) >= 11 is 6.06. The van der Waals surface area contributed by atoms with Gasteiger partial charge in [-0.05, 0) is 42.8 Å². The number of aliphatic carboxylic acids is 1. The topological polar surface area (TPSA) is 147 Å². The Balaban J connectivity index is 1.85. The molecule has 10 nitrogen and oxygen atoms in total. The van der Waals surface area contributed by atoms with Crippen LogP contribution >= 0.6 is 11.6 Å². The molecular weight excluding hydrogens is 551 g/mol. The molecule has 198 valence electrons. The highest BCUT2D eigenvalue weighted by Crippen LogP contribution is 2.34. The molecule has 4 rings (SSSR count). The summed E-state index contributed by atoms with van der Waals surface area (Å²) in [6, 6.07) is 6.94. The lowest BCUT2D eigenvalue weighted by Gasteiger charge is -2.16.